The summed E-state index contributed by atoms with van der Waals surface area (Å²) in [7, 11) is 0. The maximum Gasteiger partial charge on any atom is 0.335 e. The van der Waals surface area contributed by atoms with E-state index in [1.54, 1.807) is 24.4 Å². The van der Waals surface area contributed by atoms with Crippen molar-refractivity contribution in [3.05, 3.63) is 48.2 Å². The van der Waals surface area contributed by atoms with Gasteiger partial charge in [0.1, 0.15) is 5.82 Å². The number of carbonyl (C=O) groups is 1. The Hall–Kier alpha value is -3.09. The number of hydrogen-bond donors (Lipinski definition) is 2. The maximum absolute atomic E-state index is 11.1. The summed E-state index contributed by atoms with van der Waals surface area (Å²) in [4.78, 5) is 27.7. The van der Waals surface area contributed by atoms with Crippen molar-refractivity contribution >= 4 is 28.8 Å². The molecule has 1 aliphatic rings. The van der Waals surface area contributed by atoms with Gasteiger partial charge in [-0.05, 0) is 30.3 Å². The van der Waals surface area contributed by atoms with Crippen LogP contribution in [0, 0.1) is 0 Å². The van der Waals surface area contributed by atoms with Gasteiger partial charge in [0, 0.05) is 32.4 Å². The number of rotatable bonds is 3. The number of aromatic amines is 1. The zero-order valence-corrected chi connectivity index (χ0v) is 13.0. The molecule has 4 rings (SSSR count). The van der Waals surface area contributed by atoms with E-state index < -0.39 is 5.97 Å². The fourth-order valence-electron chi connectivity index (χ4n) is 2.97. The molecule has 1 aromatic carbocycles. The molecule has 3 heterocycles. The zero-order valence-electron chi connectivity index (χ0n) is 13.0. The quantitative estimate of drug-likeness (QED) is 0.766. The lowest BCUT2D eigenvalue weighted by atomic mass is 10.2. The summed E-state index contributed by atoms with van der Waals surface area (Å²) in [5.41, 5.74) is 1.79. The molecule has 122 valence electrons. The van der Waals surface area contributed by atoms with Crippen LogP contribution in [0.4, 0.5) is 11.8 Å². The molecule has 0 spiro atoms. The standard InChI is InChI=1S/C17H17N5O2/c23-16(24)12-4-5-13-14(11-12)20-17(19-13)22-9-7-21(8-10-22)15-3-1-2-6-18-15/h1-6,11H,7-10H2,(H,19,20)(H,23,24). The number of aromatic carboxylic acids is 1. The average molecular weight is 323 g/mol. The lowest BCUT2D eigenvalue weighted by molar-refractivity contribution is 0.0697. The lowest BCUT2D eigenvalue weighted by Crippen LogP contribution is -2.47. The molecule has 0 unspecified atom stereocenters. The Morgan fingerprint density at radius 1 is 1.08 bits per heavy atom. The summed E-state index contributed by atoms with van der Waals surface area (Å²) in [6.45, 7) is 3.41. The molecule has 0 saturated carbocycles. The molecular formula is C17H17N5O2. The highest BCUT2D eigenvalue weighted by molar-refractivity contribution is 5.92. The Bertz CT molecular complexity index is 869. The third-order valence-corrected chi connectivity index (χ3v) is 4.27. The van der Waals surface area contributed by atoms with Gasteiger partial charge in [-0.1, -0.05) is 6.07 Å². The molecule has 0 bridgehead atoms. The van der Waals surface area contributed by atoms with Gasteiger partial charge in [0.2, 0.25) is 5.95 Å². The summed E-state index contributed by atoms with van der Waals surface area (Å²) in [5, 5.41) is 9.08. The number of anilines is 2. The predicted molar refractivity (Wildman–Crippen MR) is 91.7 cm³/mol. The monoisotopic (exact) mass is 323 g/mol. The molecule has 1 fully saturated rings. The van der Waals surface area contributed by atoms with E-state index >= 15 is 0 Å². The van der Waals surface area contributed by atoms with E-state index in [0.29, 0.717) is 0 Å². The minimum atomic E-state index is -0.933. The number of nitrogens with zero attached hydrogens (tertiary/aromatic N) is 4. The van der Waals surface area contributed by atoms with Gasteiger partial charge in [0.15, 0.2) is 0 Å². The van der Waals surface area contributed by atoms with Gasteiger partial charge < -0.3 is 19.9 Å². The first-order valence-electron chi connectivity index (χ1n) is 7.85. The Balaban J connectivity index is 1.51. The molecule has 3 aromatic rings. The highest BCUT2D eigenvalue weighted by atomic mass is 16.4. The second-order valence-corrected chi connectivity index (χ2v) is 5.76. The van der Waals surface area contributed by atoms with Crippen molar-refractivity contribution in [2.24, 2.45) is 0 Å². The number of pyridine rings is 1. The summed E-state index contributed by atoms with van der Waals surface area (Å²) in [6.07, 6.45) is 1.81. The third-order valence-electron chi connectivity index (χ3n) is 4.27. The fourth-order valence-corrected chi connectivity index (χ4v) is 2.97. The van der Waals surface area contributed by atoms with Crippen molar-refractivity contribution in [2.45, 2.75) is 0 Å². The van der Waals surface area contributed by atoms with Gasteiger partial charge in [0.05, 0.1) is 16.6 Å². The third kappa shape index (κ3) is 2.64. The van der Waals surface area contributed by atoms with Crippen molar-refractivity contribution < 1.29 is 9.90 Å². The number of aromatic nitrogens is 3. The maximum atomic E-state index is 11.1. The number of nitrogens with one attached hydrogen (secondary N) is 1. The minimum absolute atomic E-state index is 0.262. The average Bonchev–Trinajstić information content (AvgIpc) is 3.06. The van der Waals surface area contributed by atoms with Crippen molar-refractivity contribution in [3.8, 4) is 0 Å². The zero-order chi connectivity index (χ0) is 16.5. The summed E-state index contributed by atoms with van der Waals surface area (Å²) in [5.74, 6) is 0.845. The first kappa shape index (κ1) is 14.5. The number of piperazine rings is 1. The van der Waals surface area contributed by atoms with Crippen molar-refractivity contribution in [1.82, 2.24) is 15.0 Å². The summed E-state index contributed by atoms with van der Waals surface area (Å²) in [6, 6.07) is 10.9. The van der Waals surface area contributed by atoms with E-state index in [-0.39, 0.29) is 5.56 Å². The van der Waals surface area contributed by atoms with Crippen LogP contribution in [-0.2, 0) is 0 Å². The molecule has 24 heavy (non-hydrogen) atoms. The number of carboxylic acid groups (broad SMARTS) is 1. The molecule has 0 atom stereocenters. The molecule has 2 aromatic heterocycles. The van der Waals surface area contributed by atoms with Crippen molar-refractivity contribution in [1.29, 1.82) is 0 Å². The molecule has 7 heteroatoms. The number of carboxylic acids is 1. The number of fused-ring (bicyclic) bond motifs is 1. The van der Waals surface area contributed by atoms with Crippen molar-refractivity contribution in [3.63, 3.8) is 0 Å². The van der Waals surface area contributed by atoms with E-state index in [1.165, 1.54) is 0 Å². The highest BCUT2D eigenvalue weighted by Gasteiger charge is 2.20. The number of hydrogen-bond acceptors (Lipinski definition) is 5. The van der Waals surface area contributed by atoms with Crippen LogP contribution in [0.1, 0.15) is 10.4 Å². The van der Waals surface area contributed by atoms with Crippen LogP contribution in [0.15, 0.2) is 42.6 Å². The minimum Gasteiger partial charge on any atom is -0.478 e. The Morgan fingerprint density at radius 2 is 1.88 bits per heavy atom. The largest absolute Gasteiger partial charge is 0.478 e. The smallest absolute Gasteiger partial charge is 0.335 e. The van der Waals surface area contributed by atoms with Gasteiger partial charge in [-0.25, -0.2) is 14.8 Å². The van der Waals surface area contributed by atoms with Crippen molar-refractivity contribution in [2.75, 3.05) is 36.0 Å². The molecule has 1 aliphatic heterocycles. The van der Waals surface area contributed by atoms with Crippen LogP contribution in [0.2, 0.25) is 0 Å². The number of benzene rings is 1. The summed E-state index contributed by atoms with van der Waals surface area (Å²) >= 11 is 0. The van der Waals surface area contributed by atoms with Crippen LogP contribution in [0.3, 0.4) is 0 Å². The molecule has 2 N–H and O–H groups in total. The number of H-pyrrole nitrogens is 1. The highest BCUT2D eigenvalue weighted by Crippen LogP contribution is 2.21. The van der Waals surface area contributed by atoms with E-state index in [9.17, 15) is 4.79 Å². The molecular weight excluding hydrogens is 306 g/mol. The molecule has 1 saturated heterocycles. The fraction of sp³-hybridized carbons (Fsp3) is 0.235. The Kier molecular flexibility index (Phi) is 3.53. The van der Waals surface area contributed by atoms with E-state index in [1.807, 2.05) is 18.2 Å². The predicted octanol–water partition coefficient (Wildman–Crippen LogP) is 1.98. The van der Waals surface area contributed by atoms with Crippen LogP contribution in [0.25, 0.3) is 11.0 Å². The van der Waals surface area contributed by atoms with E-state index in [0.717, 1.165) is 49.0 Å². The first-order chi connectivity index (χ1) is 11.7. The van der Waals surface area contributed by atoms with Gasteiger partial charge in [-0.15, -0.1) is 0 Å². The normalized spacial score (nSPS) is 15.0. The SMILES string of the molecule is O=C(O)c1ccc2nc(N3CCN(c4ccccn4)CC3)[nH]c2c1. The van der Waals surface area contributed by atoms with Gasteiger partial charge in [0.25, 0.3) is 0 Å². The topological polar surface area (TPSA) is 85.3 Å². The van der Waals surface area contributed by atoms with E-state index in [4.69, 9.17) is 5.11 Å². The second-order valence-electron chi connectivity index (χ2n) is 5.76. The van der Waals surface area contributed by atoms with Crippen LogP contribution < -0.4 is 9.80 Å². The lowest BCUT2D eigenvalue weighted by Gasteiger charge is -2.35. The van der Waals surface area contributed by atoms with Crippen LogP contribution >= 0.6 is 0 Å². The number of imidazole rings is 1. The Morgan fingerprint density at radius 3 is 2.58 bits per heavy atom. The molecule has 7 nitrogen and oxygen atoms in total. The second kappa shape index (κ2) is 5.84. The summed E-state index contributed by atoms with van der Waals surface area (Å²) < 4.78 is 0. The van der Waals surface area contributed by atoms with E-state index in [2.05, 4.69) is 24.8 Å². The first-order valence-corrected chi connectivity index (χ1v) is 7.85. The van der Waals surface area contributed by atoms with Crippen LogP contribution in [-0.4, -0.2) is 52.2 Å². The molecule has 0 aliphatic carbocycles. The van der Waals surface area contributed by atoms with Gasteiger partial charge >= 0.3 is 5.97 Å². The van der Waals surface area contributed by atoms with Gasteiger partial charge in [-0.2, -0.15) is 0 Å². The molecule has 0 radical (unpaired) electrons. The Labute approximate surface area is 138 Å². The van der Waals surface area contributed by atoms with Crippen LogP contribution in [0.5, 0.6) is 0 Å². The molecule has 0 amide bonds. The van der Waals surface area contributed by atoms with Gasteiger partial charge in [-0.3, -0.25) is 0 Å².